The maximum Gasteiger partial charge on any atom is 0.255 e. The molecular formula is C23H30N2O4S3. The van der Waals surface area contributed by atoms with Gasteiger partial charge in [-0.2, -0.15) is 4.31 Å². The zero-order chi connectivity index (χ0) is 23.3. The van der Waals surface area contributed by atoms with Crippen LogP contribution in [0.15, 0.2) is 47.4 Å². The second-order valence-corrected chi connectivity index (χ2v) is 12.2. The lowest BCUT2D eigenvalue weighted by Crippen LogP contribution is -2.30. The summed E-state index contributed by atoms with van der Waals surface area (Å²) < 4.78 is 33.6. The van der Waals surface area contributed by atoms with E-state index >= 15 is 0 Å². The number of benzene rings is 2. The SMILES string of the molecule is CCN(CC)S(=O)(=O)c1ccc(OC(C)C)c(NC(=O)c2ccc(C3SCCS3)cc2)c1. The van der Waals surface area contributed by atoms with E-state index in [1.54, 1.807) is 19.9 Å². The van der Waals surface area contributed by atoms with Crippen LogP contribution in [0.2, 0.25) is 0 Å². The first-order valence-corrected chi connectivity index (χ1v) is 14.2. The molecule has 1 N–H and O–H groups in total. The van der Waals surface area contributed by atoms with Crippen molar-refractivity contribution in [2.24, 2.45) is 0 Å². The van der Waals surface area contributed by atoms with Crippen LogP contribution in [0.3, 0.4) is 0 Å². The Balaban J connectivity index is 1.88. The molecule has 0 saturated carbocycles. The fourth-order valence-electron chi connectivity index (χ4n) is 3.37. The third-order valence-corrected chi connectivity index (χ3v) is 10.1. The molecule has 6 nitrogen and oxygen atoms in total. The normalized spacial score (nSPS) is 14.8. The van der Waals surface area contributed by atoms with E-state index in [4.69, 9.17) is 4.74 Å². The lowest BCUT2D eigenvalue weighted by molar-refractivity contribution is 0.102. The van der Waals surface area contributed by atoms with Crippen molar-refractivity contribution in [3.63, 3.8) is 0 Å². The van der Waals surface area contributed by atoms with Gasteiger partial charge < -0.3 is 10.1 Å². The molecule has 9 heteroatoms. The number of hydrogen-bond donors (Lipinski definition) is 1. The van der Waals surface area contributed by atoms with Crippen molar-refractivity contribution < 1.29 is 17.9 Å². The summed E-state index contributed by atoms with van der Waals surface area (Å²) in [5.74, 6) is 2.41. The summed E-state index contributed by atoms with van der Waals surface area (Å²) in [6.45, 7) is 8.09. The molecule has 2 aromatic carbocycles. The van der Waals surface area contributed by atoms with Crippen molar-refractivity contribution in [2.75, 3.05) is 29.9 Å². The summed E-state index contributed by atoms with van der Waals surface area (Å²) >= 11 is 3.83. The van der Waals surface area contributed by atoms with Crippen LogP contribution in [0.5, 0.6) is 5.75 Å². The van der Waals surface area contributed by atoms with Gasteiger partial charge in [-0.15, -0.1) is 23.5 Å². The van der Waals surface area contributed by atoms with Crippen molar-refractivity contribution in [2.45, 2.75) is 43.3 Å². The summed E-state index contributed by atoms with van der Waals surface area (Å²) in [4.78, 5) is 13.1. The van der Waals surface area contributed by atoms with Crippen molar-refractivity contribution in [1.82, 2.24) is 4.31 Å². The van der Waals surface area contributed by atoms with Gasteiger partial charge in [-0.25, -0.2) is 8.42 Å². The van der Waals surface area contributed by atoms with E-state index in [2.05, 4.69) is 5.32 Å². The summed E-state index contributed by atoms with van der Waals surface area (Å²) in [6.07, 6.45) is -0.128. The quantitative estimate of drug-likeness (QED) is 0.514. The smallest absolute Gasteiger partial charge is 0.255 e. The Labute approximate surface area is 199 Å². The van der Waals surface area contributed by atoms with Crippen LogP contribution < -0.4 is 10.1 Å². The number of hydrogen-bond acceptors (Lipinski definition) is 6. The largest absolute Gasteiger partial charge is 0.489 e. The van der Waals surface area contributed by atoms with Gasteiger partial charge in [0.1, 0.15) is 5.75 Å². The Bertz CT molecular complexity index is 1030. The molecule has 1 saturated heterocycles. The number of rotatable bonds is 9. The summed E-state index contributed by atoms with van der Waals surface area (Å²) in [5.41, 5.74) is 2.04. The fraction of sp³-hybridized carbons (Fsp3) is 0.435. The molecule has 1 aliphatic heterocycles. The van der Waals surface area contributed by atoms with Gasteiger partial charge in [-0.3, -0.25) is 4.79 Å². The van der Waals surface area contributed by atoms with E-state index in [1.165, 1.54) is 22.0 Å². The molecule has 1 aliphatic rings. The molecule has 3 rings (SSSR count). The van der Waals surface area contributed by atoms with Crippen molar-refractivity contribution in [3.05, 3.63) is 53.6 Å². The predicted molar refractivity (Wildman–Crippen MR) is 134 cm³/mol. The molecule has 32 heavy (non-hydrogen) atoms. The Hall–Kier alpha value is -1.68. The second kappa shape index (κ2) is 11.0. The average Bonchev–Trinajstić information content (AvgIpc) is 3.30. The highest BCUT2D eigenvalue weighted by atomic mass is 32.2. The molecule has 0 aromatic heterocycles. The number of nitrogens with one attached hydrogen (secondary N) is 1. The first-order valence-electron chi connectivity index (χ1n) is 10.7. The predicted octanol–water partition coefficient (Wildman–Crippen LogP) is 5.24. The van der Waals surface area contributed by atoms with Crippen molar-refractivity contribution in [1.29, 1.82) is 0 Å². The fourth-order valence-corrected chi connectivity index (χ4v) is 7.72. The number of ether oxygens (including phenoxy) is 1. The molecule has 0 atom stereocenters. The van der Waals surface area contributed by atoms with Gasteiger partial charge in [0.15, 0.2) is 0 Å². The molecule has 0 unspecified atom stereocenters. The summed E-state index contributed by atoms with van der Waals surface area (Å²) in [7, 11) is -3.66. The maximum atomic E-state index is 13.0. The van der Waals surface area contributed by atoms with E-state index in [0.717, 1.165) is 11.5 Å². The highest BCUT2D eigenvalue weighted by Crippen LogP contribution is 2.45. The van der Waals surface area contributed by atoms with Gasteiger partial charge in [0, 0.05) is 30.2 Å². The van der Waals surface area contributed by atoms with Gasteiger partial charge in [0.25, 0.3) is 5.91 Å². The summed E-state index contributed by atoms with van der Waals surface area (Å²) in [5, 5.41) is 2.85. The molecule has 0 aliphatic carbocycles. The van der Waals surface area contributed by atoms with Crippen LogP contribution in [-0.4, -0.2) is 49.3 Å². The van der Waals surface area contributed by atoms with E-state index < -0.39 is 10.0 Å². The van der Waals surface area contributed by atoms with Crippen LogP contribution in [-0.2, 0) is 10.0 Å². The first-order chi connectivity index (χ1) is 15.3. The van der Waals surface area contributed by atoms with E-state index in [1.807, 2.05) is 61.6 Å². The second-order valence-electron chi connectivity index (χ2n) is 7.56. The monoisotopic (exact) mass is 494 g/mol. The molecule has 0 bridgehead atoms. The molecule has 1 fully saturated rings. The zero-order valence-corrected chi connectivity index (χ0v) is 21.3. The van der Waals surface area contributed by atoms with E-state index in [-0.39, 0.29) is 16.9 Å². The number of amides is 1. The Morgan fingerprint density at radius 2 is 1.72 bits per heavy atom. The molecular weight excluding hydrogens is 464 g/mol. The van der Waals surface area contributed by atoms with Crippen molar-refractivity contribution in [3.8, 4) is 5.75 Å². The van der Waals surface area contributed by atoms with E-state index in [0.29, 0.717) is 34.7 Å². The van der Waals surface area contributed by atoms with Gasteiger partial charge in [0.05, 0.1) is 21.3 Å². The molecule has 0 spiro atoms. The zero-order valence-electron chi connectivity index (χ0n) is 18.8. The Morgan fingerprint density at radius 3 is 2.28 bits per heavy atom. The topological polar surface area (TPSA) is 75.7 Å². The van der Waals surface area contributed by atoms with Crippen LogP contribution in [0, 0.1) is 0 Å². The number of thioether (sulfide) groups is 2. The lowest BCUT2D eigenvalue weighted by atomic mass is 10.1. The Kier molecular flexibility index (Phi) is 8.55. The third kappa shape index (κ3) is 5.81. The van der Waals surface area contributed by atoms with Gasteiger partial charge in [-0.1, -0.05) is 26.0 Å². The minimum absolute atomic E-state index is 0.123. The van der Waals surface area contributed by atoms with Crippen LogP contribution in [0.4, 0.5) is 5.69 Å². The van der Waals surface area contributed by atoms with E-state index in [9.17, 15) is 13.2 Å². The van der Waals surface area contributed by atoms with Crippen LogP contribution >= 0.6 is 23.5 Å². The van der Waals surface area contributed by atoms with Crippen LogP contribution in [0.1, 0.15) is 48.2 Å². The minimum atomic E-state index is -3.66. The average molecular weight is 495 g/mol. The standard InChI is InChI=1S/C23H30N2O4S3/c1-5-25(6-2)32(27,28)19-11-12-21(29-16(3)4)20(15-19)24-22(26)17-7-9-18(10-8-17)23-30-13-14-31-23/h7-12,15-16,23H,5-6,13-14H2,1-4H3,(H,24,26). The number of sulfonamides is 1. The van der Waals surface area contributed by atoms with Crippen LogP contribution in [0.25, 0.3) is 0 Å². The molecule has 174 valence electrons. The minimum Gasteiger partial charge on any atom is -0.489 e. The van der Waals surface area contributed by atoms with Gasteiger partial charge in [0.2, 0.25) is 10.0 Å². The highest BCUT2D eigenvalue weighted by Gasteiger charge is 2.24. The first kappa shape index (κ1) is 25.0. The summed E-state index contributed by atoms with van der Waals surface area (Å²) in [6, 6.07) is 12.2. The molecule has 1 amide bonds. The number of carbonyl (C=O) groups is 1. The number of anilines is 1. The third-order valence-electron chi connectivity index (χ3n) is 4.97. The maximum absolute atomic E-state index is 13.0. The molecule has 2 aromatic rings. The number of nitrogens with zero attached hydrogens (tertiary/aromatic N) is 1. The van der Waals surface area contributed by atoms with Gasteiger partial charge in [-0.05, 0) is 49.7 Å². The molecule has 0 radical (unpaired) electrons. The Morgan fingerprint density at radius 1 is 1.09 bits per heavy atom. The molecule has 1 heterocycles. The lowest BCUT2D eigenvalue weighted by Gasteiger charge is -2.20. The highest BCUT2D eigenvalue weighted by molar-refractivity contribution is 8.19. The number of carbonyl (C=O) groups excluding carboxylic acids is 1. The van der Waals surface area contributed by atoms with Gasteiger partial charge >= 0.3 is 0 Å². The van der Waals surface area contributed by atoms with Crippen molar-refractivity contribution >= 4 is 45.1 Å².